The first-order valence-corrected chi connectivity index (χ1v) is 11.0. The molecule has 3 rings (SSSR count). The molecule has 3 aromatic rings. The number of amides is 2. The fraction of sp³-hybridized carbons (Fsp3) is 0.273. The molecule has 1 aromatic heterocycles. The van der Waals surface area contributed by atoms with Crippen molar-refractivity contribution < 1.29 is 18.7 Å². The van der Waals surface area contributed by atoms with E-state index in [1.165, 1.54) is 30.0 Å². The summed E-state index contributed by atoms with van der Waals surface area (Å²) in [6.07, 6.45) is 0. The summed E-state index contributed by atoms with van der Waals surface area (Å²) in [4.78, 5) is 24.7. The third-order valence-corrected chi connectivity index (χ3v) is 5.54. The number of rotatable bonds is 9. The number of carbonyl (C=O) groups is 2. The summed E-state index contributed by atoms with van der Waals surface area (Å²) in [5, 5.41) is 14.3. The molecule has 32 heavy (non-hydrogen) atoms. The van der Waals surface area contributed by atoms with Crippen LogP contribution in [-0.4, -0.2) is 38.9 Å². The number of anilines is 1. The lowest BCUT2D eigenvalue weighted by atomic mass is 10.2. The van der Waals surface area contributed by atoms with E-state index in [2.05, 4.69) is 20.8 Å². The van der Waals surface area contributed by atoms with Crippen molar-refractivity contribution in [1.82, 2.24) is 20.1 Å². The average Bonchev–Trinajstić information content (AvgIpc) is 3.14. The maximum Gasteiger partial charge on any atom is 0.254 e. The highest BCUT2D eigenvalue weighted by Gasteiger charge is 2.20. The molecular formula is C22H24FN5O3S. The topological polar surface area (TPSA) is 98.1 Å². The number of thioether (sulfide) groups is 1. The second-order valence-corrected chi connectivity index (χ2v) is 7.78. The highest BCUT2D eigenvalue weighted by Crippen LogP contribution is 2.25. The normalized spacial score (nSPS) is 11.6. The largest absolute Gasteiger partial charge is 0.492 e. The third-order valence-electron chi connectivity index (χ3n) is 4.52. The van der Waals surface area contributed by atoms with Crippen molar-refractivity contribution in [2.75, 3.05) is 17.7 Å². The first-order valence-electron chi connectivity index (χ1n) is 9.99. The lowest BCUT2D eigenvalue weighted by molar-refractivity contribution is -0.113. The molecule has 0 spiro atoms. The van der Waals surface area contributed by atoms with Crippen LogP contribution in [0.1, 0.15) is 36.1 Å². The Labute approximate surface area is 189 Å². The van der Waals surface area contributed by atoms with Gasteiger partial charge in [-0.2, -0.15) is 0 Å². The standard InChI is InChI=1S/C22H24FN5O3S/c1-4-31-18-12-8-7-11-17(18)25-19(29)13-32-22-27-26-20(28(22)3)14(2)24-21(30)15-9-5-6-10-16(15)23/h5-12,14H,4,13H2,1-3H3,(H,24,30)(H,25,29)/t14-/m1/s1. The van der Waals surface area contributed by atoms with Gasteiger partial charge >= 0.3 is 0 Å². The summed E-state index contributed by atoms with van der Waals surface area (Å²) in [6, 6.07) is 12.5. The van der Waals surface area contributed by atoms with E-state index in [1.807, 2.05) is 19.1 Å². The Morgan fingerprint density at radius 3 is 2.62 bits per heavy atom. The second-order valence-electron chi connectivity index (χ2n) is 6.84. The smallest absolute Gasteiger partial charge is 0.254 e. The van der Waals surface area contributed by atoms with Crippen LogP contribution >= 0.6 is 11.8 Å². The van der Waals surface area contributed by atoms with Crippen LogP contribution in [-0.2, 0) is 11.8 Å². The highest BCUT2D eigenvalue weighted by molar-refractivity contribution is 7.99. The van der Waals surface area contributed by atoms with E-state index in [0.717, 1.165) is 0 Å². The third kappa shape index (κ3) is 5.64. The number of carbonyl (C=O) groups excluding carboxylic acids is 2. The van der Waals surface area contributed by atoms with Gasteiger partial charge in [-0.05, 0) is 38.1 Å². The molecule has 1 heterocycles. The van der Waals surface area contributed by atoms with E-state index >= 15 is 0 Å². The first kappa shape index (κ1) is 23.3. The molecule has 0 aliphatic heterocycles. The van der Waals surface area contributed by atoms with Crippen LogP contribution in [0.15, 0.2) is 53.7 Å². The molecule has 2 aromatic carbocycles. The molecule has 168 valence electrons. The predicted molar refractivity (Wildman–Crippen MR) is 120 cm³/mol. The summed E-state index contributed by atoms with van der Waals surface area (Å²) in [5.41, 5.74) is 0.559. The molecule has 1 atom stereocenters. The van der Waals surface area contributed by atoms with Crippen LogP contribution < -0.4 is 15.4 Å². The van der Waals surface area contributed by atoms with Crippen LogP contribution in [0.3, 0.4) is 0 Å². The zero-order chi connectivity index (χ0) is 23.1. The zero-order valence-corrected chi connectivity index (χ0v) is 18.8. The van der Waals surface area contributed by atoms with Gasteiger partial charge in [0.05, 0.1) is 29.7 Å². The van der Waals surface area contributed by atoms with Crippen molar-refractivity contribution in [2.45, 2.75) is 25.0 Å². The average molecular weight is 458 g/mol. The Hall–Kier alpha value is -3.40. The minimum Gasteiger partial charge on any atom is -0.492 e. The van der Waals surface area contributed by atoms with Crippen LogP contribution in [0, 0.1) is 5.82 Å². The minimum absolute atomic E-state index is 0.0416. The molecule has 0 aliphatic carbocycles. The van der Waals surface area contributed by atoms with Gasteiger partial charge in [0.15, 0.2) is 11.0 Å². The summed E-state index contributed by atoms with van der Waals surface area (Å²) in [6.45, 7) is 4.10. The molecule has 0 saturated heterocycles. The van der Waals surface area contributed by atoms with E-state index in [-0.39, 0.29) is 17.2 Å². The monoisotopic (exact) mass is 457 g/mol. The molecule has 0 radical (unpaired) electrons. The zero-order valence-electron chi connectivity index (χ0n) is 18.0. The van der Waals surface area contributed by atoms with Crippen LogP contribution in [0.2, 0.25) is 0 Å². The van der Waals surface area contributed by atoms with Crippen molar-refractivity contribution in [3.05, 3.63) is 65.7 Å². The summed E-state index contributed by atoms with van der Waals surface area (Å²) in [7, 11) is 1.74. The number of aromatic nitrogens is 3. The van der Waals surface area contributed by atoms with Gasteiger partial charge in [-0.25, -0.2) is 4.39 Å². The number of para-hydroxylation sites is 2. The second kappa shape index (κ2) is 10.8. The number of benzene rings is 2. The molecule has 0 saturated carbocycles. The number of halogens is 1. The SMILES string of the molecule is CCOc1ccccc1NC(=O)CSc1nnc([C@@H](C)NC(=O)c2ccccc2F)n1C. The van der Waals surface area contributed by atoms with E-state index in [0.29, 0.717) is 29.0 Å². The van der Waals surface area contributed by atoms with Crippen molar-refractivity contribution in [2.24, 2.45) is 7.05 Å². The number of hydrogen-bond acceptors (Lipinski definition) is 6. The fourth-order valence-electron chi connectivity index (χ4n) is 2.98. The quantitative estimate of drug-likeness (QED) is 0.477. The maximum absolute atomic E-state index is 13.8. The van der Waals surface area contributed by atoms with Gasteiger partial charge in [-0.15, -0.1) is 10.2 Å². The Bertz CT molecular complexity index is 1100. The predicted octanol–water partition coefficient (Wildman–Crippen LogP) is 3.57. The number of hydrogen-bond donors (Lipinski definition) is 2. The Kier molecular flexibility index (Phi) is 7.82. The summed E-state index contributed by atoms with van der Waals surface area (Å²) in [5.74, 6) is -0.147. The lowest BCUT2D eigenvalue weighted by Crippen LogP contribution is -2.29. The molecule has 8 nitrogen and oxygen atoms in total. The minimum atomic E-state index is -0.594. The van der Waals surface area contributed by atoms with Crippen molar-refractivity contribution >= 4 is 29.3 Å². The van der Waals surface area contributed by atoms with Crippen molar-refractivity contribution in [1.29, 1.82) is 0 Å². The number of nitrogens with one attached hydrogen (secondary N) is 2. The van der Waals surface area contributed by atoms with E-state index in [4.69, 9.17) is 4.74 Å². The molecule has 2 amide bonds. The first-order chi connectivity index (χ1) is 15.4. The summed E-state index contributed by atoms with van der Waals surface area (Å²) < 4.78 is 21.0. The summed E-state index contributed by atoms with van der Waals surface area (Å²) >= 11 is 1.21. The van der Waals surface area contributed by atoms with Gasteiger partial charge in [0.2, 0.25) is 5.91 Å². The van der Waals surface area contributed by atoms with Crippen molar-refractivity contribution in [3.8, 4) is 5.75 Å². The number of ether oxygens (including phenoxy) is 1. The van der Waals surface area contributed by atoms with Crippen molar-refractivity contribution in [3.63, 3.8) is 0 Å². The van der Waals surface area contributed by atoms with Crippen LogP contribution in [0.25, 0.3) is 0 Å². The van der Waals surface area contributed by atoms with E-state index < -0.39 is 17.8 Å². The molecule has 10 heteroatoms. The van der Waals surface area contributed by atoms with Crippen LogP contribution in [0.4, 0.5) is 10.1 Å². The fourth-order valence-corrected chi connectivity index (χ4v) is 3.70. The van der Waals surface area contributed by atoms with E-state index in [9.17, 15) is 14.0 Å². The molecule has 0 unspecified atom stereocenters. The van der Waals surface area contributed by atoms with E-state index in [1.54, 1.807) is 36.7 Å². The lowest BCUT2D eigenvalue weighted by Gasteiger charge is -2.14. The van der Waals surface area contributed by atoms with Gasteiger partial charge in [0.1, 0.15) is 11.6 Å². The molecule has 0 aliphatic rings. The van der Waals surface area contributed by atoms with Gasteiger partial charge in [0.25, 0.3) is 5.91 Å². The highest BCUT2D eigenvalue weighted by atomic mass is 32.2. The Balaban J connectivity index is 1.59. The molecule has 2 N–H and O–H groups in total. The Morgan fingerprint density at radius 1 is 1.16 bits per heavy atom. The maximum atomic E-state index is 13.8. The van der Waals surface area contributed by atoms with Gasteiger partial charge in [-0.3, -0.25) is 9.59 Å². The van der Waals surface area contributed by atoms with Crippen LogP contribution in [0.5, 0.6) is 5.75 Å². The Morgan fingerprint density at radius 2 is 1.88 bits per heavy atom. The van der Waals surface area contributed by atoms with Gasteiger partial charge in [-0.1, -0.05) is 36.0 Å². The number of nitrogens with zero attached hydrogens (tertiary/aromatic N) is 3. The van der Waals surface area contributed by atoms with Gasteiger partial charge < -0.3 is 19.9 Å². The van der Waals surface area contributed by atoms with Gasteiger partial charge in [0, 0.05) is 7.05 Å². The molecule has 0 fully saturated rings. The molecule has 0 bridgehead atoms. The molecular weight excluding hydrogens is 433 g/mol.